The molecule has 2 rings (SSSR count). The van der Waals surface area contributed by atoms with E-state index in [4.69, 9.17) is 14.2 Å². The zero-order valence-electron chi connectivity index (χ0n) is 15.2. The van der Waals surface area contributed by atoms with Gasteiger partial charge in [-0.1, -0.05) is 18.2 Å². The third kappa shape index (κ3) is 3.56. The predicted octanol–water partition coefficient (Wildman–Crippen LogP) is 2.24. The first-order valence-corrected chi connectivity index (χ1v) is 8.60. The van der Waals surface area contributed by atoms with Crippen molar-refractivity contribution in [1.82, 2.24) is 0 Å². The molecule has 1 aliphatic rings. The molecule has 0 unspecified atom stereocenters. The van der Waals surface area contributed by atoms with E-state index in [-0.39, 0.29) is 19.6 Å². The lowest BCUT2D eigenvalue weighted by Crippen LogP contribution is -2.64. The summed E-state index contributed by atoms with van der Waals surface area (Å²) in [6.45, 7) is 5.92. The van der Waals surface area contributed by atoms with Crippen LogP contribution in [0.2, 0.25) is 0 Å². The lowest BCUT2D eigenvalue weighted by Gasteiger charge is -2.43. The fraction of sp³-hybridized carbons (Fsp3) is 0.421. The predicted molar refractivity (Wildman–Crippen MR) is 94.9 cm³/mol. The van der Waals surface area contributed by atoms with Crippen LogP contribution in [0, 0.1) is 0 Å². The molecule has 140 valence electrons. The number of rotatable bonds is 7. The van der Waals surface area contributed by atoms with Crippen LogP contribution in [0.5, 0.6) is 5.75 Å². The monoisotopic (exact) mass is 361 g/mol. The molecule has 0 spiro atoms. The Balaban J connectivity index is 2.46. The Morgan fingerprint density at radius 1 is 1.15 bits per heavy atom. The summed E-state index contributed by atoms with van der Waals surface area (Å²) in [7, 11) is 0. The molecule has 1 aliphatic heterocycles. The first-order chi connectivity index (χ1) is 12.5. The molecule has 1 heterocycles. The van der Waals surface area contributed by atoms with E-state index >= 15 is 0 Å². The Morgan fingerprint density at radius 3 is 2.50 bits per heavy atom. The quantitative estimate of drug-likeness (QED) is 0.319. The highest BCUT2D eigenvalue weighted by atomic mass is 16.6. The number of hydrogen-bond acceptors (Lipinski definition) is 7. The van der Waals surface area contributed by atoms with E-state index in [0.717, 1.165) is 0 Å². The van der Waals surface area contributed by atoms with Crippen LogP contribution in [0.1, 0.15) is 27.2 Å². The highest BCUT2D eigenvalue weighted by Gasteiger charge is 2.56. The lowest BCUT2D eigenvalue weighted by molar-refractivity contribution is -0.160. The summed E-state index contributed by atoms with van der Waals surface area (Å²) in [4.78, 5) is 38.9. The summed E-state index contributed by atoms with van der Waals surface area (Å²) in [5, 5.41) is 0. The number of nitrogens with zero attached hydrogens (tertiary/aromatic N) is 1. The van der Waals surface area contributed by atoms with E-state index in [2.05, 4.69) is 0 Å². The molecule has 1 atom stereocenters. The molecule has 0 bridgehead atoms. The number of fused-ring (bicyclic) bond motifs is 1. The summed E-state index contributed by atoms with van der Waals surface area (Å²) in [5.41, 5.74) is -1.07. The molecule has 1 aromatic carbocycles. The Hall–Kier alpha value is -2.83. The zero-order valence-corrected chi connectivity index (χ0v) is 15.2. The molecule has 0 N–H and O–H groups in total. The zero-order chi connectivity index (χ0) is 19.2. The van der Waals surface area contributed by atoms with Crippen molar-refractivity contribution in [2.24, 2.45) is 0 Å². The van der Waals surface area contributed by atoms with E-state index in [1.807, 2.05) is 6.92 Å². The lowest BCUT2D eigenvalue weighted by atomic mass is 9.90. The average Bonchev–Trinajstić information content (AvgIpc) is 2.62. The van der Waals surface area contributed by atoms with Crippen molar-refractivity contribution in [3.05, 3.63) is 36.4 Å². The fourth-order valence-corrected chi connectivity index (χ4v) is 2.94. The van der Waals surface area contributed by atoms with E-state index < -0.39 is 23.4 Å². The molecule has 7 heteroatoms. The minimum Gasteiger partial charge on any atom is -0.464 e. The number of likely N-dealkylation sites (N-methyl/N-ethyl adjacent to an activating group) is 1. The summed E-state index contributed by atoms with van der Waals surface area (Å²) < 4.78 is 15.4. The van der Waals surface area contributed by atoms with E-state index in [1.54, 1.807) is 43.0 Å². The SMILES string of the molecule is CCOC(=O)/C=C/C[C@@]1(C(=O)OCC)C(=O)Oc2ccccc2N1CC. The average molecular weight is 361 g/mol. The Morgan fingerprint density at radius 2 is 1.85 bits per heavy atom. The van der Waals surface area contributed by atoms with Gasteiger partial charge in [-0.2, -0.15) is 0 Å². The molecule has 26 heavy (non-hydrogen) atoms. The number of ether oxygens (including phenoxy) is 3. The second-order valence-electron chi connectivity index (χ2n) is 5.54. The number of para-hydroxylation sites is 2. The van der Waals surface area contributed by atoms with Crippen LogP contribution in [-0.2, 0) is 23.9 Å². The molecule has 0 radical (unpaired) electrons. The van der Waals surface area contributed by atoms with Gasteiger partial charge in [0.1, 0.15) is 0 Å². The van der Waals surface area contributed by atoms with Gasteiger partial charge in [-0.25, -0.2) is 14.4 Å². The van der Waals surface area contributed by atoms with Crippen molar-refractivity contribution in [3.63, 3.8) is 0 Å². The molecule has 0 aliphatic carbocycles. The van der Waals surface area contributed by atoms with E-state index in [9.17, 15) is 14.4 Å². The number of hydrogen-bond donors (Lipinski definition) is 0. The molecule has 0 amide bonds. The van der Waals surface area contributed by atoms with Crippen LogP contribution < -0.4 is 9.64 Å². The Labute approximate surface area is 152 Å². The first kappa shape index (κ1) is 19.5. The number of carbonyl (C=O) groups excluding carboxylic acids is 3. The molecular weight excluding hydrogens is 338 g/mol. The van der Waals surface area contributed by atoms with Crippen molar-refractivity contribution in [2.45, 2.75) is 32.7 Å². The van der Waals surface area contributed by atoms with E-state index in [0.29, 0.717) is 18.0 Å². The van der Waals surface area contributed by atoms with Gasteiger partial charge in [-0.05, 0) is 32.9 Å². The summed E-state index contributed by atoms with van der Waals surface area (Å²) >= 11 is 0. The van der Waals surface area contributed by atoms with Gasteiger partial charge in [0.05, 0.1) is 18.9 Å². The van der Waals surface area contributed by atoms with Crippen molar-refractivity contribution >= 4 is 23.6 Å². The van der Waals surface area contributed by atoms with Crippen LogP contribution in [0.4, 0.5) is 5.69 Å². The van der Waals surface area contributed by atoms with Crippen LogP contribution in [0.15, 0.2) is 36.4 Å². The molecule has 0 aromatic heterocycles. The highest BCUT2D eigenvalue weighted by Crippen LogP contribution is 2.41. The van der Waals surface area contributed by atoms with Crippen molar-refractivity contribution < 1.29 is 28.6 Å². The van der Waals surface area contributed by atoms with Crippen LogP contribution in [0.3, 0.4) is 0 Å². The summed E-state index contributed by atoms with van der Waals surface area (Å²) in [5.74, 6) is -1.60. The van der Waals surface area contributed by atoms with Gasteiger partial charge in [-0.15, -0.1) is 0 Å². The largest absolute Gasteiger partial charge is 0.464 e. The van der Waals surface area contributed by atoms with Crippen LogP contribution >= 0.6 is 0 Å². The molecule has 0 fully saturated rings. The van der Waals surface area contributed by atoms with Gasteiger partial charge >= 0.3 is 17.9 Å². The van der Waals surface area contributed by atoms with Gasteiger partial charge in [-0.3, -0.25) is 0 Å². The second-order valence-corrected chi connectivity index (χ2v) is 5.54. The normalized spacial score (nSPS) is 19.0. The minimum atomic E-state index is -1.69. The molecule has 7 nitrogen and oxygen atoms in total. The Kier molecular flexibility index (Phi) is 6.38. The molecule has 0 saturated carbocycles. The smallest absolute Gasteiger partial charge is 0.349 e. The minimum absolute atomic E-state index is 0.0777. The number of carbonyl (C=O) groups is 3. The van der Waals surface area contributed by atoms with Crippen molar-refractivity contribution in [3.8, 4) is 5.75 Å². The third-order valence-corrected chi connectivity index (χ3v) is 4.04. The highest BCUT2D eigenvalue weighted by molar-refractivity contribution is 6.11. The number of benzene rings is 1. The molecule has 1 aromatic rings. The van der Waals surface area contributed by atoms with Gasteiger partial charge < -0.3 is 19.1 Å². The topological polar surface area (TPSA) is 82.1 Å². The van der Waals surface area contributed by atoms with Gasteiger partial charge in [0.2, 0.25) is 5.54 Å². The van der Waals surface area contributed by atoms with Gasteiger partial charge in [0, 0.05) is 19.0 Å². The summed E-state index contributed by atoms with van der Waals surface area (Å²) in [6, 6.07) is 6.98. The van der Waals surface area contributed by atoms with Gasteiger partial charge in [0.25, 0.3) is 0 Å². The number of anilines is 1. The van der Waals surface area contributed by atoms with Crippen molar-refractivity contribution in [1.29, 1.82) is 0 Å². The maximum absolute atomic E-state index is 12.9. The fourth-order valence-electron chi connectivity index (χ4n) is 2.94. The van der Waals surface area contributed by atoms with Crippen LogP contribution in [0.25, 0.3) is 0 Å². The molecule has 0 saturated heterocycles. The first-order valence-electron chi connectivity index (χ1n) is 8.60. The molecular formula is C19H23NO6. The third-order valence-electron chi connectivity index (χ3n) is 4.04. The van der Waals surface area contributed by atoms with E-state index in [1.165, 1.54) is 12.2 Å². The second kappa shape index (κ2) is 8.51. The van der Waals surface area contributed by atoms with Crippen molar-refractivity contribution in [2.75, 3.05) is 24.7 Å². The van der Waals surface area contributed by atoms with Crippen LogP contribution in [-0.4, -0.2) is 43.2 Å². The Bertz CT molecular complexity index is 714. The number of esters is 3. The summed E-state index contributed by atoms with van der Waals surface area (Å²) in [6.07, 6.45) is 2.56. The van der Waals surface area contributed by atoms with Gasteiger partial charge in [0.15, 0.2) is 5.75 Å². The standard InChI is InChI=1S/C19H23NO6/c1-4-20-14-10-7-8-11-15(14)26-18(23)19(20,17(22)25-6-3)13-9-12-16(21)24-5-2/h7-12H,4-6,13H2,1-3H3/b12-9+/t19-/m1/s1. The maximum Gasteiger partial charge on any atom is 0.349 e. The maximum atomic E-state index is 12.9.